The lowest BCUT2D eigenvalue weighted by Crippen LogP contribution is -2.37. The Hall–Kier alpha value is -2.28. The second kappa shape index (κ2) is 7.53. The predicted molar refractivity (Wildman–Crippen MR) is 96.4 cm³/mol. The van der Waals surface area contributed by atoms with Crippen molar-refractivity contribution in [2.45, 2.75) is 44.1 Å². The van der Waals surface area contributed by atoms with Crippen LogP contribution in [0.3, 0.4) is 0 Å². The molecule has 2 aliphatic rings. The third kappa shape index (κ3) is 4.09. The maximum absolute atomic E-state index is 12.9. The number of halogens is 1. The highest BCUT2D eigenvalue weighted by atomic mass is 19.1. The predicted octanol–water partition coefficient (Wildman–Crippen LogP) is 2.96. The fourth-order valence-electron chi connectivity index (χ4n) is 3.66. The quantitative estimate of drug-likeness (QED) is 0.863. The van der Waals surface area contributed by atoms with Crippen molar-refractivity contribution < 1.29 is 9.18 Å². The summed E-state index contributed by atoms with van der Waals surface area (Å²) in [6.45, 7) is 2.66. The number of piperidine rings is 1. The summed E-state index contributed by atoms with van der Waals surface area (Å²) in [6, 6.07) is 6.45. The van der Waals surface area contributed by atoms with Gasteiger partial charge in [0, 0.05) is 37.2 Å². The van der Waals surface area contributed by atoms with Gasteiger partial charge in [0.05, 0.1) is 0 Å². The summed E-state index contributed by atoms with van der Waals surface area (Å²) in [5.74, 6) is 1.15. The molecular weight excluding hydrogens is 333 g/mol. The van der Waals surface area contributed by atoms with Gasteiger partial charge in [0.2, 0.25) is 5.91 Å². The van der Waals surface area contributed by atoms with Crippen molar-refractivity contribution in [3.8, 4) is 0 Å². The van der Waals surface area contributed by atoms with Crippen LogP contribution in [0.25, 0.3) is 0 Å². The van der Waals surface area contributed by atoms with Crippen LogP contribution in [0.5, 0.6) is 0 Å². The van der Waals surface area contributed by atoms with Crippen LogP contribution < -0.4 is 5.32 Å². The Kier molecular flexibility index (Phi) is 4.97. The van der Waals surface area contributed by atoms with E-state index in [0.717, 1.165) is 38.3 Å². The molecule has 2 heterocycles. The SMILES string of the molecule is O=C(CCN1CCCC(c2nncn2C2CC2)C1)Nc1ccc(F)cc1. The summed E-state index contributed by atoms with van der Waals surface area (Å²) < 4.78 is 15.2. The second-order valence-corrected chi connectivity index (χ2v) is 7.27. The zero-order chi connectivity index (χ0) is 17.9. The summed E-state index contributed by atoms with van der Waals surface area (Å²) in [5, 5.41) is 11.3. The lowest BCUT2D eigenvalue weighted by atomic mass is 9.97. The van der Waals surface area contributed by atoms with Gasteiger partial charge in [0.1, 0.15) is 18.0 Å². The molecule has 6 nitrogen and oxygen atoms in total. The number of aromatic nitrogens is 3. The number of hydrogen-bond acceptors (Lipinski definition) is 4. The van der Waals surface area contributed by atoms with Gasteiger partial charge in [0.25, 0.3) is 0 Å². The van der Waals surface area contributed by atoms with Gasteiger partial charge in [-0.15, -0.1) is 10.2 Å². The fourth-order valence-corrected chi connectivity index (χ4v) is 3.66. The number of carbonyl (C=O) groups excluding carboxylic acids is 1. The van der Waals surface area contributed by atoms with Gasteiger partial charge in [-0.3, -0.25) is 4.79 Å². The summed E-state index contributed by atoms with van der Waals surface area (Å²) in [7, 11) is 0. The molecule has 1 amide bonds. The first-order valence-electron chi connectivity index (χ1n) is 9.36. The third-order valence-corrected chi connectivity index (χ3v) is 5.19. The molecule has 138 valence electrons. The number of anilines is 1. The number of benzene rings is 1. The lowest BCUT2D eigenvalue weighted by molar-refractivity contribution is -0.116. The number of nitrogens with zero attached hydrogens (tertiary/aromatic N) is 4. The highest BCUT2D eigenvalue weighted by molar-refractivity contribution is 5.90. The van der Waals surface area contributed by atoms with Crippen LogP contribution in [0.2, 0.25) is 0 Å². The van der Waals surface area contributed by atoms with Crippen LogP contribution in [0.1, 0.15) is 49.9 Å². The van der Waals surface area contributed by atoms with Crippen molar-refractivity contribution in [3.05, 3.63) is 42.2 Å². The average Bonchev–Trinajstić information content (AvgIpc) is 3.38. The molecule has 1 saturated carbocycles. The summed E-state index contributed by atoms with van der Waals surface area (Å²) in [4.78, 5) is 14.5. The van der Waals surface area contributed by atoms with Crippen LogP contribution in [0, 0.1) is 5.82 Å². The summed E-state index contributed by atoms with van der Waals surface area (Å²) in [6.07, 6.45) is 6.99. The lowest BCUT2D eigenvalue weighted by Gasteiger charge is -2.32. The normalized spacial score (nSPS) is 20.9. The van der Waals surface area contributed by atoms with Gasteiger partial charge in [-0.25, -0.2) is 4.39 Å². The second-order valence-electron chi connectivity index (χ2n) is 7.27. The molecule has 1 saturated heterocycles. The van der Waals surface area contributed by atoms with E-state index in [0.29, 0.717) is 24.1 Å². The summed E-state index contributed by atoms with van der Waals surface area (Å²) >= 11 is 0. The first kappa shape index (κ1) is 17.1. The number of nitrogens with one attached hydrogen (secondary N) is 1. The topological polar surface area (TPSA) is 63.1 Å². The minimum absolute atomic E-state index is 0.0418. The zero-order valence-corrected chi connectivity index (χ0v) is 14.8. The molecule has 4 rings (SSSR count). The van der Waals surface area contributed by atoms with E-state index in [-0.39, 0.29) is 11.7 Å². The van der Waals surface area contributed by atoms with Crippen molar-refractivity contribution in [2.75, 3.05) is 25.0 Å². The van der Waals surface area contributed by atoms with Crippen LogP contribution in [0.4, 0.5) is 10.1 Å². The Labute approximate surface area is 152 Å². The van der Waals surface area contributed by atoms with Crippen molar-refractivity contribution in [3.63, 3.8) is 0 Å². The van der Waals surface area contributed by atoms with Crippen molar-refractivity contribution in [2.24, 2.45) is 0 Å². The van der Waals surface area contributed by atoms with Gasteiger partial charge in [-0.05, 0) is 56.5 Å². The van der Waals surface area contributed by atoms with Gasteiger partial charge in [-0.1, -0.05) is 0 Å². The molecular formula is C19H24FN5O. The monoisotopic (exact) mass is 357 g/mol. The molecule has 1 aliphatic carbocycles. The van der Waals surface area contributed by atoms with Gasteiger partial charge in [0.15, 0.2) is 0 Å². The largest absolute Gasteiger partial charge is 0.326 e. The number of rotatable bonds is 6. The Morgan fingerprint density at radius 1 is 1.23 bits per heavy atom. The molecule has 1 aromatic carbocycles. The number of likely N-dealkylation sites (tertiary alicyclic amines) is 1. The van der Waals surface area contributed by atoms with Gasteiger partial charge >= 0.3 is 0 Å². The fraction of sp³-hybridized carbons (Fsp3) is 0.526. The van der Waals surface area contributed by atoms with Crippen molar-refractivity contribution >= 4 is 11.6 Å². The Morgan fingerprint density at radius 2 is 2.04 bits per heavy atom. The van der Waals surface area contributed by atoms with E-state index in [1.807, 2.05) is 6.33 Å². The van der Waals surface area contributed by atoms with E-state index in [1.54, 1.807) is 12.1 Å². The Bertz CT molecular complexity index is 756. The minimum Gasteiger partial charge on any atom is -0.326 e. The molecule has 0 spiro atoms. The Morgan fingerprint density at radius 3 is 2.81 bits per heavy atom. The van der Waals surface area contributed by atoms with Crippen LogP contribution in [-0.4, -0.2) is 45.2 Å². The van der Waals surface area contributed by atoms with Gasteiger partial charge in [-0.2, -0.15) is 0 Å². The molecule has 1 N–H and O–H groups in total. The van der Waals surface area contributed by atoms with E-state index in [1.165, 1.54) is 25.0 Å². The molecule has 1 unspecified atom stereocenters. The molecule has 2 fully saturated rings. The van der Waals surface area contributed by atoms with E-state index in [9.17, 15) is 9.18 Å². The summed E-state index contributed by atoms with van der Waals surface area (Å²) in [5.41, 5.74) is 0.630. The first-order chi connectivity index (χ1) is 12.7. The Balaban J connectivity index is 1.28. The van der Waals surface area contributed by atoms with E-state index < -0.39 is 0 Å². The zero-order valence-electron chi connectivity index (χ0n) is 14.8. The van der Waals surface area contributed by atoms with Crippen LogP contribution in [0.15, 0.2) is 30.6 Å². The smallest absolute Gasteiger partial charge is 0.225 e. The highest BCUT2D eigenvalue weighted by Gasteiger charge is 2.31. The molecule has 7 heteroatoms. The molecule has 1 aromatic heterocycles. The molecule has 2 aromatic rings. The van der Waals surface area contributed by atoms with E-state index >= 15 is 0 Å². The first-order valence-corrected chi connectivity index (χ1v) is 9.36. The van der Waals surface area contributed by atoms with Crippen molar-refractivity contribution in [1.29, 1.82) is 0 Å². The van der Waals surface area contributed by atoms with E-state index in [4.69, 9.17) is 0 Å². The van der Waals surface area contributed by atoms with Crippen molar-refractivity contribution in [1.82, 2.24) is 19.7 Å². The molecule has 0 radical (unpaired) electrons. The molecule has 26 heavy (non-hydrogen) atoms. The molecule has 1 aliphatic heterocycles. The highest BCUT2D eigenvalue weighted by Crippen LogP contribution is 2.38. The van der Waals surface area contributed by atoms with Crippen LogP contribution >= 0.6 is 0 Å². The average molecular weight is 357 g/mol. The number of carbonyl (C=O) groups is 1. The van der Waals surface area contributed by atoms with E-state index in [2.05, 4.69) is 25.0 Å². The minimum atomic E-state index is -0.304. The number of hydrogen-bond donors (Lipinski definition) is 1. The maximum Gasteiger partial charge on any atom is 0.225 e. The standard InChI is InChI=1S/C19H24FN5O/c20-15-3-5-16(6-4-15)22-18(26)9-11-24-10-1-2-14(12-24)19-23-21-13-25(19)17-7-8-17/h3-6,13-14,17H,1-2,7-12H2,(H,22,26). The van der Waals surface area contributed by atoms with Gasteiger partial charge < -0.3 is 14.8 Å². The number of amides is 1. The molecule has 1 atom stereocenters. The third-order valence-electron chi connectivity index (χ3n) is 5.19. The molecule has 0 bridgehead atoms. The van der Waals surface area contributed by atoms with Crippen LogP contribution in [-0.2, 0) is 4.79 Å². The maximum atomic E-state index is 12.9.